The van der Waals surface area contributed by atoms with Gasteiger partial charge in [-0.1, -0.05) is 12.1 Å². The van der Waals surface area contributed by atoms with Crippen molar-refractivity contribution < 1.29 is 4.57 Å². The van der Waals surface area contributed by atoms with Gasteiger partial charge in [0.2, 0.25) is 0 Å². The molecule has 0 bridgehead atoms. The van der Waals surface area contributed by atoms with Gasteiger partial charge in [0.1, 0.15) is 0 Å². The van der Waals surface area contributed by atoms with Gasteiger partial charge in [-0.3, -0.25) is 4.79 Å². The number of hydrogen-bond donors (Lipinski definition) is 1. The first kappa shape index (κ1) is 11.9. The smallest absolute Gasteiger partial charge is 0.321 e. The van der Waals surface area contributed by atoms with Crippen molar-refractivity contribution >= 4 is 11.3 Å². The largest absolute Gasteiger partial charge is 0.321 e. The van der Waals surface area contributed by atoms with Gasteiger partial charge in [0, 0.05) is 22.7 Å². The SMILES string of the molecule is Cc1cc(-c2cccs2)c(-[n+]2ccccc2)c(=O)[nH]1. The van der Waals surface area contributed by atoms with Gasteiger partial charge in [0.05, 0.1) is 5.56 Å². The van der Waals surface area contributed by atoms with Crippen molar-refractivity contribution in [3.05, 3.63) is 70.2 Å². The highest BCUT2D eigenvalue weighted by molar-refractivity contribution is 7.13. The summed E-state index contributed by atoms with van der Waals surface area (Å²) in [6.07, 6.45) is 3.77. The quantitative estimate of drug-likeness (QED) is 0.713. The monoisotopic (exact) mass is 269 g/mol. The fourth-order valence-electron chi connectivity index (χ4n) is 2.11. The summed E-state index contributed by atoms with van der Waals surface area (Å²) in [5, 5.41) is 2.02. The Balaban J connectivity index is 2.32. The van der Waals surface area contributed by atoms with E-state index in [0.717, 1.165) is 16.1 Å². The number of aryl methyl sites for hydroxylation is 1. The molecule has 0 aliphatic carbocycles. The van der Waals surface area contributed by atoms with Crippen molar-refractivity contribution in [3.8, 4) is 16.1 Å². The Labute approximate surface area is 114 Å². The maximum absolute atomic E-state index is 12.3. The van der Waals surface area contributed by atoms with Gasteiger partial charge in [-0.25, -0.2) is 0 Å². The lowest BCUT2D eigenvalue weighted by atomic mass is 10.1. The second-order valence-corrected chi connectivity index (χ2v) is 5.25. The third-order valence-electron chi connectivity index (χ3n) is 2.90. The summed E-state index contributed by atoms with van der Waals surface area (Å²) >= 11 is 1.64. The van der Waals surface area contributed by atoms with E-state index < -0.39 is 0 Å². The number of pyridine rings is 2. The predicted molar refractivity (Wildman–Crippen MR) is 76.6 cm³/mol. The summed E-state index contributed by atoms with van der Waals surface area (Å²) in [6, 6.07) is 11.8. The summed E-state index contributed by atoms with van der Waals surface area (Å²) < 4.78 is 1.85. The van der Waals surface area contributed by atoms with Crippen LogP contribution in [0.5, 0.6) is 0 Å². The molecule has 1 N–H and O–H groups in total. The van der Waals surface area contributed by atoms with Crippen LogP contribution in [-0.4, -0.2) is 4.98 Å². The van der Waals surface area contributed by atoms with Crippen LogP contribution >= 0.6 is 11.3 Å². The van der Waals surface area contributed by atoms with Crippen LogP contribution in [0.25, 0.3) is 16.1 Å². The van der Waals surface area contributed by atoms with Gasteiger partial charge in [0.15, 0.2) is 12.4 Å². The number of hydrogen-bond acceptors (Lipinski definition) is 2. The highest BCUT2D eigenvalue weighted by Gasteiger charge is 2.19. The molecule has 3 rings (SSSR count). The second kappa shape index (κ2) is 4.82. The molecule has 0 aromatic carbocycles. The molecule has 4 heteroatoms. The summed E-state index contributed by atoms with van der Waals surface area (Å²) in [6.45, 7) is 1.90. The minimum Gasteiger partial charge on any atom is -0.321 e. The first-order valence-electron chi connectivity index (χ1n) is 6.00. The predicted octanol–water partition coefficient (Wildman–Crippen LogP) is 2.69. The molecule has 0 amide bonds. The lowest BCUT2D eigenvalue weighted by molar-refractivity contribution is -0.596. The van der Waals surface area contributed by atoms with Crippen LogP contribution in [0.4, 0.5) is 0 Å². The third-order valence-corrected chi connectivity index (χ3v) is 3.81. The molecule has 0 aliphatic rings. The van der Waals surface area contributed by atoms with E-state index in [1.165, 1.54) is 0 Å². The van der Waals surface area contributed by atoms with Crippen LogP contribution in [-0.2, 0) is 0 Å². The minimum absolute atomic E-state index is 0.0698. The highest BCUT2D eigenvalue weighted by Crippen LogP contribution is 2.26. The lowest BCUT2D eigenvalue weighted by Crippen LogP contribution is -2.37. The Morgan fingerprint density at radius 2 is 1.95 bits per heavy atom. The molecule has 3 heterocycles. The Bertz CT molecular complexity index is 746. The Hall–Kier alpha value is -2.20. The van der Waals surface area contributed by atoms with Gasteiger partial charge in [-0.05, 0) is 24.4 Å². The zero-order valence-electron chi connectivity index (χ0n) is 10.5. The van der Waals surface area contributed by atoms with E-state index in [1.54, 1.807) is 11.3 Å². The van der Waals surface area contributed by atoms with E-state index in [2.05, 4.69) is 4.98 Å². The number of nitrogens with one attached hydrogen (secondary N) is 1. The summed E-state index contributed by atoms with van der Waals surface area (Å²) in [5.74, 6) is 0. The summed E-state index contributed by atoms with van der Waals surface area (Å²) in [5.41, 5.74) is 2.43. The molecule has 0 spiro atoms. The van der Waals surface area contributed by atoms with Crippen molar-refractivity contribution in [1.82, 2.24) is 4.98 Å². The topological polar surface area (TPSA) is 36.7 Å². The van der Waals surface area contributed by atoms with Crippen LogP contribution in [0.15, 0.2) is 59.0 Å². The van der Waals surface area contributed by atoms with Crippen LogP contribution in [0.2, 0.25) is 0 Å². The van der Waals surface area contributed by atoms with Crippen LogP contribution in [0, 0.1) is 6.92 Å². The number of aromatic amines is 1. The average Bonchev–Trinajstić information content (AvgIpc) is 2.92. The summed E-state index contributed by atoms with van der Waals surface area (Å²) in [4.78, 5) is 16.3. The molecule has 0 saturated heterocycles. The number of H-pyrrole nitrogens is 1. The Morgan fingerprint density at radius 3 is 2.63 bits per heavy atom. The maximum atomic E-state index is 12.3. The first-order chi connectivity index (χ1) is 9.25. The maximum Gasteiger partial charge on any atom is 0.321 e. The van der Waals surface area contributed by atoms with Crippen LogP contribution in [0.3, 0.4) is 0 Å². The van der Waals surface area contributed by atoms with Crippen molar-refractivity contribution in [1.29, 1.82) is 0 Å². The standard InChI is InChI=1S/C15H12N2OS/c1-11-10-12(13-6-5-9-19-13)14(15(18)16-11)17-7-3-2-4-8-17/h2-10H,1H3/p+1. The van der Waals surface area contributed by atoms with E-state index in [0.29, 0.717) is 5.69 Å². The fraction of sp³-hybridized carbons (Fsp3) is 0.0667. The van der Waals surface area contributed by atoms with E-state index >= 15 is 0 Å². The fourth-order valence-corrected chi connectivity index (χ4v) is 2.85. The van der Waals surface area contributed by atoms with Gasteiger partial charge in [-0.15, -0.1) is 11.3 Å². The molecule has 3 aromatic heterocycles. The van der Waals surface area contributed by atoms with Gasteiger partial charge in [-0.2, -0.15) is 4.57 Å². The Kier molecular flexibility index (Phi) is 3.01. The molecule has 0 fully saturated rings. The minimum atomic E-state index is -0.0698. The number of nitrogens with zero attached hydrogens (tertiary/aromatic N) is 1. The molecular formula is C15H13N2OS+. The van der Waals surface area contributed by atoms with Crippen molar-refractivity contribution in [2.75, 3.05) is 0 Å². The van der Waals surface area contributed by atoms with Crippen molar-refractivity contribution in [2.45, 2.75) is 6.92 Å². The first-order valence-corrected chi connectivity index (χ1v) is 6.88. The molecule has 94 valence electrons. The van der Waals surface area contributed by atoms with E-state index in [1.807, 2.05) is 65.7 Å². The molecule has 0 saturated carbocycles. The average molecular weight is 269 g/mol. The Morgan fingerprint density at radius 1 is 1.16 bits per heavy atom. The van der Waals surface area contributed by atoms with E-state index in [9.17, 15) is 4.79 Å². The highest BCUT2D eigenvalue weighted by atomic mass is 32.1. The molecule has 0 unspecified atom stereocenters. The van der Waals surface area contributed by atoms with E-state index in [4.69, 9.17) is 0 Å². The van der Waals surface area contributed by atoms with Crippen LogP contribution in [0.1, 0.15) is 5.69 Å². The molecule has 3 aromatic rings. The molecular weight excluding hydrogens is 256 g/mol. The summed E-state index contributed by atoms with van der Waals surface area (Å²) in [7, 11) is 0. The van der Waals surface area contributed by atoms with Gasteiger partial charge in [0.25, 0.3) is 5.69 Å². The number of thiophene rings is 1. The zero-order chi connectivity index (χ0) is 13.2. The second-order valence-electron chi connectivity index (χ2n) is 4.30. The lowest BCUT2D eigenvalue weighted by Gasteiger charge is -2.03. The number of aromatic nitrogens is 2. The number of rotatable bonds is 2. The molecule has 0 radical (unpaired) electrons. The molecule has 0 aliphatic heterocycles. The molecule has 19 heavy (non-hydrogen) atoms. The van der Waals surface area contributed by atoms with E-state index in [-0.39, 0.29) is 5.56 Å². The normalized spacial score (nSPS) is 10.6. The molecule has 3 nitrogen and oxygen atoms in total. The van der Waals surface area contributed by atoms with Gasteiger partial charge < -0.3 is 4.98 Å². The van der Waals surface area contributed by atoms with Crippen molar-refractivity contribution in [2.24, 2.45) is 0 Å². The third kappa shape index (κ3) is 2.22. The van der Waals surface area contributed by atoms with Crippen LogP contribution < -0.4 is 10.1 Å². The zero-order valence-corrected chi connectivity index (χ0v) is 11.3. The molecule has 0 atom stereocenters. The van der Waals surface area contributed by atoms with Crippen molar-refractivity contribution in [3.63, 3.8) is 0 Å². The van der Waals surface area contributed by atoms with Gasteiger partial charge >= 0.3 is 5.56 Å².